The van der Waals surface area contributed by atoms with Gasteiger partial charge in [0.25, 0.3) is 0 Å². The van der Waals surface area contributed by atoms with E-state index in [1.54, 1.807) is 0 Å². The minimum Gasteiger partial charge on any atom is -0.329 e. The van der Waals surface area contributed by atoms with Crippen LogP contribution in [-0.2, 0) is 0 Å². The topological polar surface area (TPSA) is 32.5 Å². The Kier molecular flexibility index (Phi) is 5.21. The summed E-state index contributed by atoms with van der Waals surface area (Å²) < 4.78 is 2.17. The minimum absolute atomic E-state index is 0.322. The zero-order chi connectivity index (χ0) is 13.1. The number of benzene rings is 1. The molecule has 1 aliphatic rings. The van der Waals surface area contributed by atoms with Crippen molar-refractivity contribution in [1.29, 1.82) is 0 Å². The molecule has 0 saturated carbocycles. The number of piperazine rings is 1. The summed E-state index contributed by atoms with van der Waals surface area (Å²) in [6, 6.07) is 6.73. The fourth-order valence-electron chi connectivity index (χ4n) is 2.35. The molecule has 0 aromatic heterocycles. The van der Waals surface area contributed by atoms with Gasteiger partial charge in [0.15, 0.2) is 0 Å². The van der Waals surface area contributed by atoms with Gasteiger partial charge in [-0.05, 0) is 56.6 Å². The predicted octanol–water partition coefficient (Wildman–Crippen LogP) is 2.46. The molecule has 1 saturated heterocycles. The van der Waals surface area contributed by atoms with E-state index in [9.17, 15) is 0 Å². The second-order valence-electron chi connectivity index (χ2n) is 4.76. The van der Waals surface area contributed by atoms with E-state index >= 15 is 0 Å². The Morgan fingerprint density at radius 3 is 2.39 bits per heavy atom. The van der Waals surface area contributed by atoms with Crippen molar-refractivity contribution in [2.24, 2.45) is 5.73 Å². The Hall–Kier alpha value is 0.0600. The van der Waals surface area contributed by atoms with Crippen molar-refractivity contribution < 1.29 is 0 Å². The van der Waals surface area contributed by atoms with E-state index in [4.69, 9.17) is 5.73 Å². The molecule has 0 aliphatic carbocycles. The molecule has 1 atom stereocenters. The van der Waals surface area contributed by atoms with Gasteiger partial charge in [-0.2, -0.15) is 0 Å². The van der Waals surface area contributed by atoms with Crippen LogP contribution in [0, 0.1) is 0 Å². The summed E-state index contributed by atoms with van der Waals surface area (Å²) in [7, 11) is 2.17. The predicted molar refractivity (Wildman–Crippen MR) is 82.7 cm³/mol. The van der Waals surface area contributed by atoms with Crippen molar-refractivity contribution in [3.8, 4) is 0 Å². The van der Waals surface area contributed by atoms with Crippen LogP contribution < -0.4 is 5.73 Å². The van der Waals surface area contributed by atoms with E-state index in [-0.39, 0.29) is 0 Å². The highest BCUT2D eigenvalue weighted by molar-refractivity contribution is 9.13. The van der Waals surface area contributed by atoms with Crippen LogP contribution in [0.15, 0.2) is 27.1 Å². The number of halogens is 2. The lowest BCUT2D eigenvalue weighted by Gasteiger charge is -2.37. The molecule has 5 heteroatoms. The van der Waals surface area contributed by atoms with Crippen molar-refractivity contribution in [3.63, 3.8) is 0 Å². The lowest BCUT2D eigenvalue weighted by atomic mass is 10.0. The van der Waals surface area contributed by atoms with E-state index in [2.05, 4.69) is 66.9 Å². The third kappa shape index (κ3) is 3.33. The van der Waals surface area contributed by atoms with Crippen LogP contribution in [0.3, 0.4) is 0 Å². The van der Waals surface area contributed by atoms with Crippen LogP contribution in [-0.4, -0.2) is 49.6 Å². The highest BCUT2D eigenvalue weighted by atomic mass is 79.9. The van der Waals surface area contributed by atoms with E-state index in [1.165, 1.54) is 5.56 Å². The first kappa shape index (κ1) is 14.5. The number of hydrogen-bond donors (Lipinski definition) is 1. The van der Waals surface area contributed by atoms with Crippen molar-refractivity contribution >= 4 is 31.9 Å². The van der Waals surface area contributed by atoms with Crippen LogP contribution in [0.5, 0.6) is 0 Å². The van der Waals surface area contributed by atoms with Crippen molar-refractivity contribution in [3.05, 3.63) is 32.7 Å². The maximum atomic E-state index is 5.98. The molecule has 0 amide bonds. The molecular weight excluding hydrogens is 358 g/mol. The van der Waals surface area contributed by atoms with Crippen LogP contribution in [0.25, 0.3) is 0 Å². The van der Waals surface area contributed by atoms with E-state index in [1.807, 2.05) is 0 Å². The number of hydrogen-bond acceptors (Lipinski definition) is 3. The van der Waals surface area contributed by atoms with Crippen molar-refractivity contribution in [2.45, 2.75) is 6.04 Å². The van der Waals surface area contributed by atoms with Gasteiger partial charge in [-0.25, -0.2) is 0 Å². The molecule has 1 heterocycles. The normalized spacial score (nSPS) is 20.0. The maximum Gasteiger partial charge on any atom is 0.0471 e. The van der Waals surface area contributed by atoms with Gasteiger partial charge >= 0.3 is 0 Å². The largest absolute Gasteiger partial charge is 0.329 e. The Balaban J connectivity index is 2.14. The van der Waals surface area contributed by atoms with Gasteiger partial charge in [0.1, 0.15) is 0 Å². The molecule has 0 radical (unpaired) electrons. The lowest BCUT2D eigenvalue weighted by molar-refractivity contribution is 0.114. The number of nitrogens with two attached hydrogens (primary N) is 1. The molecule has 1 aromatic rings. The molecule has 1 aromatic carbocycles. The van der Waals surface area contributed by atoms with Gasteiger partial charge in [-0.15, -0.1) is 0 Å². The minimum atomic E-state index is 0.322. The zero-order valence-electron chi connectivity index (χ0n) is 10.6. The first-order chi connectivity index (χ1) is 8.61. The van der Waals surface area contributed by atoms with E-state index in [0.29, 0.717) is 12.6 Å². The summed E-state index contributed by atoms with van der Waals surface area (Å²) >= 11 is 7.07. The monoisotopic (exact) mass is 375 g/mol. The highest BCUT2D eigenvalue weighted by Gasteiger charge is 2.23. The summed E-state index contributed by atoms with van der Waals surface area (Å²) in [4.78, 5) is 4.84. The lowest BCUT2D eigenvalue weighted by Crippen LogP contribution is -2.47. The Bertz CT molecular complexity index is 403. The Labute approximate surface area is 126 Å². The Morgan fingerprint density at radius 1 is 1.17 bits per heavy atom. The van der Waals surface area contributed by atoms with Gasteiger partial charge in [0, 0.05) is 47.7 Å². The number of likely N-dealkylation sites (N-methyl/N-ethyl adjacent to an activating group) is 1. The average molecular weight is 377 g/mol. The molecule has 1 aliphatic heterocycles. The van der Waals surface area contributed by atoms with Gasteiger partial charge in [-0.1, -0.05) is 6.07 Å². The standard InChI is InChI=1S/C13H19Br2N3/c1-17-4-6-18(7-5-17)13(9-16)10-2-3-11(14)12(15)8-10/h2-3,8,13H,4-7,9,16H2,1H3. The smallest absolute Gasteiger partial charge is 0.0471 e. The average Bonchev–Trinajstić information content (AvgIpc) is 2.37. The van der Waals surface area contributed by atoms with Crippen LogP contribution in [0.2, 0.25) is 0 Å². The van der Waals surface area contributed by atoms with Gasteiger partial charge in [0.2, 0.25) is 0 Å². The second-order valence-corrected chi connectivity index (χ2v) is 6.47. The first-order valence-electron chi connectivity index (χ1n) is 6.19. The molecule has 2 rings (SSSR count). The number of nitrogens with zero attached hydrogens (tertiary/aromatic N) is 2. The summed E-state index contributed by atoms with van der Waals surface area (Å²) in [6.45, 7) is 5.08. The fourth-order valence-corrected chi connectivity index (χ4v) is 2.99. The first-order valence-corrected chi connectivity index (χ1v) is 7.78. The van der Waals surface area contributed by atoms with Crippen LogP contribution in [0.1, 0.15) is 11.6 Å². The molecule has 1 unspecified atom stereocenters. The van der Waals surface area contributed by atoms with Crippen molar-refractivity contribution in [2.75, 3.05) is 39.8 Å². The molecule has 18 heavy (non-hydrogen) atoms. The summed E-state index contributed by atoms with van der Waals surface area (Å²) in [5.41, 5.74) is 7.27. The zero-order valence-corrected chi connectivity index (χ0v) is 13.7. The molecule has 0 bridgehead atoms. The Morgan fingerprint density at radius 2 is 1.83 bits per heavy atom. The molecule has 3 nitrogen and oxygen atoms in total. The third-order valence-corrected chi connectivity index (χ3v) is 5.41. The molecule has 100 valence electrons. The SMILES string of the molecule is CN1CCN(C(CN)c2ccc(Br)c(Br)c2)CC1. The second kappa shape index (κ2) is 6.48. The molecule has 2 N–H and O–H groups in total. The van der Waals surface area contributed by atoms with Crippen LogP contribution >= 0.6 is 31.9 Å². The number of rotatable bonds is 3. The molecule has 0 spiro atoms. The summed E-state index contributed by atoms with van der Waals surface area (Å²) in [5.74, 6) is 0. The van der Waals surface area contributed by atoms with Gasteiger partial charge in [-0.3, -0.25) is 4.90 Å². The van der Waals surface area contributed by atoms with E-state index in [0.717, 1.165) is 35.1 Å². The fraction of sp³-hybridized carbons (Fsp3) is 0.538. The highest BCUT2D eigenvalue weighted by Crippen LogP contribution is 2.29. The van der Waals surface area contributed by atoms with Crippen molar-refractivity contribution in [1.82, 2.24) is 9.80 Å². The third-order valence-electron chi connectivity index (χ3n) is 3.53. The van der Waals surface area contributed by atoms with Gasteiger partial charge in [0.05, 0.1) is 0 Å². The summed E-state index contributed by atoms with van der Waals surface area (Å²) in [6.07, 6.45) is 0. The maximum absolute atomic E-state index is 5.98. The molecular formula is C13H19Br2N3. The summed E-state index contributed by atoms with van der Waals surface area (Å²) in [5, 5.41) is 0. The van der Waals surface area contributed by atoms with Gasteiger partial charge < -0.3 is 10.6 Å². The van der Waals surface area contributed by atoms with Crippen LogP contribution in [0.4, 0.5) is 0 Å². The molecule has 1 fully saturated rings. The quantitative estimate of drug-likeness (QED) is 0.879. The van der Waals surface area contributed by atoms with E-state index < -0.39 is 0 Å².